The van der Waals surface area contributed by atoms with Gasteiger partial charge in [0.05, 0.1) is 47.1 Å². The Morgan fingerprint density at radius 3 is 2.79 bits per heavy atom. The second kappa shape index (κ2) is 7.61. The van der Waals surface area contributed by atoms with Crippen LogP contribution in [0.25, 0.3) is 16.7 Å². The lowest BCUT2D eigenvalue weighted by molar-refractivity contribution is 0.112. The molecule has 2 saturated heterocycles. The molecule has 0 saturated carbocycles. The van der Waals surface area contributed by atoms with Crippen LogP contribution in [0.5, 0.6) is 0 Å². The van der Waals surface area contributed by atoms with Crippen LogP contribution >= 0.6 is 0 Å². The van der Waals surface area contributed by atoms with Gasteiger partial charge in [0.2, 0.25) is 0 Å². The highest BCUT2D eigenvalue weighted by atomic mass is 19.1. The van der Waals surface area contributed by atoms with Gasteiger partial charge in [0.1, 0.15) is 11.3 Å². The first-order valence-corrected chi connectivity index (χ1v) is 11.0. The predicted molar refractivity (Wildman–Crippen MR) is 122 cm³/mol. The molecule has 4 heterocycles. The van der Waals surface area contributed by atoms with Gasteiger partial charge < -0.3 is 9.80 Å². The molecule has 2 aliphatic heterocycles. The zero-order valence-electron chi connectivity index (χ0n) is 18.1. The highest BCUT2D eigenvalue weighted by Crippen LogP contribution is 2.41. The van der Waals surface area contributed by atoms with Crippen LogP contribution in [0.4, 0.5) is 15.9 Å². The standard InChI is InChI=1S/C24H22FN7O/c1-15-5-6-20(32-27-8-9-28-32)17(14-33)24(15)31-12-16-7-10-30(13-21(16)31)22-11-26-19-4-2-3-18(25)23(19)29-22/h2-6,8-9,11,14,16,21H,7,10,12-13H2,1H3/t16-,21-/m1/s1. The van der Waals surface area contributed by atoms with Crippen molar-refractivity contribution in [1.29, 1.82) is 0 Å². The second-order valence-corrected chi connectivity index (χ2v) is 8.65. The Balaban J connectivity index is 1.33. The molecule has 2 fully saturated rings. The lowest BCUT2D eigenvalue weighted by atomic mass is 9.81. The van der Waals surface area contributed by atoms with Crippen molar-refractivity contribution >= 4 is 28.8 Å². The van der Waals surface area contributed by atoms with E-state index in [1.807, 2.05) is 19.1 Å². The number of hydrogen-bond donors (Lipinski definition) is 0. The van der Waals surface area contributed by atoms with Gasteiger partial charge in [-0.3, -0.25) is 9.78 Å². The first kappa shape index (κ1) is 19.8. The van der Waals surface area contributed by atoms with E-state index in [0.717, 1.165) is 43.6 Å². The number of benzene rings is 2. The number of aldehydes is 1. The van der Waals surface area contributed by atoms with Gasteiger partial charge in [-0.25, -0.2) is 9.37 Å². The molecule has 2 atom stereocenters. The molecule has 2 aliphatic rings. The number of halogens is 1. The average Bonchev–Trinajstić information content (AvgIpc) is 3.35. The molecule has 33 heavy (non-hydrogen) atoms. The average molecular weight is 443 g/mol. The molecule has 2 aromatic heterocycles. The van der Waals surface area contributed by atoms with Gasteiger partial charge in [-0.15, -0.1) is 0 Å². The second-order valence-electron chi connectivity index (χ2n) is 8.65. The Kier molecular flexibility index (Phi) is 4.56. The Hall–Kier alpha value is -3.88. The largest absolute Gasteiger partial charge is 0.365 e. The molecule has 0 spiro atoms. The summed E-state index contributed by atoms with van der Waals surface area (Å²) in [5, 5.41) is 8.42. The van der Waals surface area contributed by atoms with Crippen LogP contribution in [0, 0.1) is 18.7 Å². The first-order valence-electron chi connectivity index (χ1n) is 11.0. The summed E-state index contributed by atoms with van der Waals surface area (Å²) in [5.41, 5.74) is 4.07. The fourth-order valence-electron chi connectivity index (χ4n) is 5.12. The molecule has 4 aromatic rings. The zero-order chi connectivity index (χ0) is 22.5. The van der Waals surface area contributed by atoms with Gasteiger partial charge in [0.25, 0.3) is 0 Å². The zero-order valence-corrected chi connectivity index (χ0v) is 18.1. The number of fused-ring (bicyclic) bond motifs is 2. The van der Waals surface area contributed by atoms with Gasteiger partial charge in [-0.05, 0) is 37.1 Å². The number of carbonyl (C=O) groups is 1. The van der Waals surface area contributed by atoms with Gasteiger partial charge in [-0.1, -0.05) is 12.1 Å². The highest BCUT2D eigenvalue weighted by Gasteiger charge is 2.44. The molecule has 0 amide bonds. The van der Waals surface area contributed by atoms with E-state index in [1.54, 1.807) is 30.7 Å². The third-order valence-electron chi connectivity index (χ3n) is 6.82. The summed E-state index contributed by atoms with van der Waals surface area (Å²) in [5.74, 6) is 0.855. The van der Waals surface area contributed by atoms with Crippen molar-refractivity contribution in [3.8, 4) is 5.69 Å². The van der Waals surface area contributed by atoms with Crippen molar-refractivity contribution in [2.45, 2.75) is 19.4 Å². The Labute approximate surface area is 189 Å². The van der Waals surface area contributed by atoms with Crippen LogP contribution in [-0.2, 0) is 0 Å². The Morgan fingerprint density at radius 2 is 1.97 bits per heavy atom. The van der Waals surface area contributed by atoms with Gasteiger partial charge in [-0.2, -0.15) is 15.0 Å². The molecular formula is C24H22FN7O. The minimum atomic E-state index is -0.364. The number of carbonyl (C=O) groups excluding carboxylic acids is 1. The van der Waals surface area contributed by atoms with Gasteiger partial charge >= 0.3 is 0 Å². The number of anilines is 2. The van der Waals surface area contributed by atoms with E-state index in [9.17, 15) is 9.18 Å². The van der Waals surface area contributed by atoms with Crippen molar-refractivity contribution < 1.29 is 9.18 Å². The maximum absolute atomic E-state index is 14.3. The predicted octanol–water partition coefficient (Wildman–Crippen LogP) is 3.19. The van der Waals surface area contributed by atoms with Crippen molar-refractivity contribution in [3.63, 3.8) is 0 Å². The number of aromatic nitrogens is 5. The van der Waals surface area contributed by atoms with E-state index in [4.69, 9.17) is 0 Å². The van der Waals surface area contributed by atoms with E-state index in [2.05, 4.69) is 30.0 Å². The molecule has 9 heteroatoms. The van der Waals surface area contributed by atoms with E-state index in [0.29, 0.717) is 34.0 Å². The molecule has 0 radical (unpaired) electrons. The van der Waals surface area contributed by atoms with Crippen LogP contribution in [-0.4, -0.2) is 56.9 Å². The van der Waals surface area contributed by atoms with Gasteiger partial charge in [0.15, 0.2) is 12.1 Å². The van der Waals surface area contributed by atoms with Crippen LogP contribution in [0.1, 0.15) is 22.3 Å². The van der Waals surface area contributed by atoms with Crippen molar-refractivity contribution in [1.82, 2.24) is 25.0 Å². The Morgan fingerprint density at radius 1 is 1.12 bits per heavy atom. The number of rotatable bonds is 4. The van der Waals surface area contributed by atoms with Crippen molar-refractivity contribution in [2.75, 3.05) is 29.4 Å². The summed E-state index contributed by atoms with van der Waals surface area (Å²) in [7, 11) is 0. The van der Waals surface area contributed by atoms with E-state index < -0.39 is 0 Å². The number of para-hydroxylation sites is 1. The SMILES string of the molecule is Cc1ccc(-n2nccn2)c(C=O)c1N1C[C@H]2CCN(c3cnc4cccc(F)c4n3)C[C@H]21. The molecule has 8 nitrogen and oxygen atoms in total. The molecule has 6 rings (SSSR count). The van der Waals surface area contributed by atoms with E-state index in [1.165, 1.54) is 10.9 Å². The minimum Gasteiger partial charge on any atom is -0.365 e. The molecule has 166 valence electrons. The molecule has 0 unspecified atom stereocenters. The normalized spacial score (nSPS) is 19.9. The van der Waals surface area contributed by atoms with Crippen LogP contribution in [0.2, 0.25) is 0 Å². The summed E-state index contributed by atoms with van der Waals surface area (Å²) in [6.45, 7) is 4.50. The number of aryl methyl sites for hydroxylation is 1. The summed E-state index contributed by atoms with van der Waals surface area (Å²) in [4.78, 5) is 27.1. The Bertz CT molecular complexity index is 1360. The molecule has 0 bridgehead atoms. The lowest BCUT2D eigenvalue weighted by Crippen LogP contribution is -2.65. The fourth-order valence-corrected chi connectivity index (χ4v) is 5.12. The van der Waals surface area contributed by atoms with Crippen LogP contribution < -0.4 is 9.80 Å². The molecule has 0 N–H and O–H groups in total. The summed E-state index contributed by atoms with van der Waals surface area (Å²) >= 11 is 0. The number of piperidine rings is 1. The molecule has 0 aliphatic carbocycles. The quantitative estimate of drug-likeness (QED) is 0.448. The highest BCUT2D eigenvalue weighted by molar-refractivity contribution is 5.91. The third-order valence-corrected chi connectivity index (χ3v) is 6.82. The molecule has 2 aromatic carbocycles. The summed E-state index contributed by atoms with van der Waals surface area (Å²) in [6, 6.07) is 8.93. The van der Waals surface area contributed by atoms with Crippen LogP contribution in [0.15, 0.2) is 48.9 Å². The van der Waals surface area contributed by atoms with E-state index in [-0.39, 0.29) is 11.9 Å². The lowest BCUT2D eigenvalue weighted by Gasteiger charge is -2.55. The third kappa shape index (κ3) is 3.14. The maximum Gasteiger partial charge on any atom is 0.154 e. The number of nitrogens with zero attached hydrogens (tertiary/aromatic N) is 7. The summed E-state index contributed by atoms with van der Waals surface area (Å²) in [6.07, 6.45) is 6.82. The van der Waals surface area contributed by atoms with Crippen LogP contribution in [0.3, 0.4) is 0 Å². The monoisotopic (exact) mass is 443 g/mol. The van der Waals surface area contributed by atoms with Gasteiger partial charge in [0, 0.05) is 25.6 Å². The first-order chi connectivity index (χ1) is 16.1. The minimum absolute atomic E-state index is 0.232. The van der Waals surface area contributed by atoms with Crippen molar-refractivity contribution in [2.24, 2.45) is 5.92 Å². The summed E-state index contributed by atoms with van der Waals surface area (Å²) < 4.78 is 14.3. The smallest absolute Gasteiger partial charge is 0.154 e. The molecular weight excluding hydrogens is 421 g/mol. The fraction of sp³-hybridized carbons (Fsp3) is 0.292. The maximum atomic E-state index is 14.3. The number of hydrogen-bond acceptors (Lipinski definition) is 7. The topological polar surface area (TPSA) is 80.0 Å². The van der Waals surface area contributed by atoms with E-state index >= 15 is 0 Å². The van der Waals surface area contributed by atoms with Crippen molar-refractivity contribution in [3.05, 3.63) is 65.9 Å².